The van der Waals surface area contributed by atoms with Crippen LogP contribution in [0.4, 0.5) is 10.1 Å². The van der Waals surface area contributed by atoms with Crippen molar-refractivity contribution in [3.8, 4) is 0 Å². The number of carbonyl (C=O) groups is 1. The molecule has 2 rings (SSSR count). The Morgan fingerprint density at radius 3 is 2.39 bits per heavy atom. The number of carbonyl (C=O) groups excluding carboxylic acids is 1. The number of hydrazone groups is 1. The first-order valence-electron chi connectivity index (χ1n) is 8.09. The lowest BCUT2D eigenvalue weighted by atomic mass is 10.1. The second-order valence-electron chi connectivity index (χ2n) is 6.18. The molecule has 8 nitrogen and oxygen atoms in total. The van der Waals surface area contributed by atoms with E-state index >= 15 is 0 Å². The molecule has 0 saturated heterocycles. The highest BCUT2D eigenvalue weighted by atomic mass is 32.2. The standard InChI is InChI=1S/C18H19FN4O4S/c1-11-5-8-17(22-25)14(9-11)12(2)20-21-18(24)15-10-13(6-7-16(15)19)28(26,27)23(3)4/h5-10H,1-4H3,(H,21,24)/b20-12+. The van der Waals surface area contributed by atoms with Crippen molar-refractivity contribution in [1.82, 2.24) is 9.73 Å². The van der Waals surface area contributed by atoms with Crippen molar-refractivity contribution in [2.24, 2.45) is 10.3 Å². The van der Waals surface area contributed by atoms with Crippen molar-refractivity contribution in [3.05, 3.63) is 63.8 Å². The van der Waals surface area contributed by atoms with Gasteiger partial charge >= 0.3 is 0 Å². The van der Waals surface area contributed by atoms with Gasteiger partial charge in [-0.15, -0.1) is 4.91 Å². The number of halogens is 1. The fourth-order valence-electron chi connectivity index (χ4n) is 2.32. The van der Waals surface area contributed by atoms with Crippen LogP contribution in [0.2, 0.25) is 0 Å². The van der Waals surface area contributed by atoms with Gasteiger partial charge in [0.2, 0.25) is 10.0 Å². The van der Waals surface area contributed by atoms with Gasteiger partial charge in [-0.2, -0.15) is 5.10 Å². The Morgan fingerprint density at radius 1 is 1.11 bits per heavy atom. The van der Waals surface area contributed by atoms with Gasteiger partial charge in [0.05, 0.1) is 16.2 Å². The van der Waals surface area contributed by atoms with Crippen LogP contribution < -0.4 is 5.43 Å². The molecular formula is C18H19FN4O4S. The largest absolute Gasteiger partial charge is 0.274 e. The monoisotopic (exact) mass is 406 g/mol. The van der Waals surface area contributed by atoms with E-state index in [0.29, 0.717) is 5.56 Å². The molecule has 0 atom stereocenters. The second-order valence-corrected chi connectivity index (χ2v) is 8.33. The van der Waals surface area contributed by atoms with Gasteiger partial charge in [0, 0.05) is 19.7 Å². The van der Waals surface area contributed by atoms with Gasteiger partial charge in [-0.05, 0) is 49.4 Å². The minimum Gasteiger partial charge on any atom is -0.267 e. The normalized spacial score (nSPS) is 12.1. The SMILES string of the molecule is C/C(=N\NC(=O)c1cc(S(=O)(=O)N(C)C)ccc1F)c1cc(C)ccc1N=O. The molecule has 1 N–H and O–H groups in total. The second kappa shape index (κ2) is 8.36. The Hall–Kier alpha value is -2.98. The van der Waals surface area contributed by atoms with Gasteiger partial charge in [-0.25, -0.2) is 22.5 Å². The Bertz CT molecular complexity index is 1070. The molecule has 2 aromatic rings. The quantitative estimate of drug-likeness (QED) is 0.452. The summed E-state index contributed by atoms with van der Waals surface area (Å²) in [4.78, 5) is 23.0. The van der Waals surface area contributed by atoms with E-state index in [9.17, 15) is 22.5 Å². The number of nitroso groups, excluding NO2 is 1. The zero-order valence-electron chi connectivity index (χ0n) is 15.7. The summed E-state index contributed by atoms with van der Waals surface area (Å²) in [7, 11) is -1.18. The average molecular weight is 406 g/mol. The van der Waals surface area contributed by atoms with Crippen molar-refractivity contribution >= 4 is 27.3 Å². The lowest BCUT2D eigenvalue weighted by molar-refractivity contribution is 0.0950. The van der Waals surface area contributed by atoms with Crippen LogP contribution in [-0.2, 0) is 10.0 Å². The zero-order valence-corrected chi connectivity index (χ0v) is 16.5. The van der Waals surface area contributed by atoms with Crippen molar-refractivity contribution in [2.45, 2.75) is 18.7 Å². The number of rotatable bonds is 6. The fraction of sp³-hybridized carbons (Fsp3) is 0.222. The smallest absolute Gasteiger partial charge is 0.267 e. The van der Waals surface area contributed by atoms with Crippen LogP contribution in [0.3, 0.4) is 0 Å². The summed E-state index contributed by atoms with van der Waals surface area (Å²) in [5.74, 6) is -1.82. The highest BCUT2D eigenvalue weighted by Crippen LogP contribution is 2.21. The van der Waals surface area contributed by atoms with Crippen LogP contribution in [0.25, 0.3) is 0 Å². The number of hydrogen-bond acceptors (Lipinski definition) is 6. The van der Waals surface area contributed by atoms with Crippen molar-refractivity contribution in [2.75, 3.05) is 14.1 Å². The number of amides is 1. The van der Waals surface area contributed by atoms with Crippen LogP contribution in [0, 0.1) is 17.6 Å². The Morgan fingerprint density at radius 2 is 1.79 bits per heavy atom. The zero-order chi connectivity index (χ0) is 21.1. The molecule has 0 radical (unpaired) electrons. The van der Waals surface area contributed by atoms with E-state index in [1.54, 1.807) is 19.1 Å². The van der Waals surface area contributed by atoms with E-state index in [-0.39, 0.29) is 16.3 Å². The predicted molar refractivity (Wildman–Crippen MR) is 104 cm³/mol. The number of sulfonamides is 1. The molecular weight excluding hydrogens is 387 g/mol. The number of hydrogen-bond donors (Lipinski definition) is 1. The molecule has 0 spiro atoms. The molecule has 0 unspecified atom stereocenters. The number of nitrogens with one attached hydrogen (secondary N) is 1. The number of aryl methyl sites for hydroxylation is 1. The topological polar surface area (TPSA) is 108 Å². The summed E-state index contributed by atoms with van der Waals surface area (Å²) >= 11 is 0. The third kappa shape index (κ3) is 4.46. The van der Waals surface area contributed by atoms with Gasteiger partial charge < -0.3 is 0 Å². The summed E-state index contributed by atoms with van der Waals surface area (Å²) in [6, 6.07) is 7.82. The Labute approximate surface area is 162 Å². The summed E-state index contributed by atoms with van der Waals surface area (Å²) in [5, 5.41) is 6.79. The van der Waals surface area contributed by atoms with Crippen molar-refractivity contribution in [3.63, 3.8) is 0 Å². The Balaban J connectivity index is 2.34. The van der Waals surface area contributed by atoms with E-state index < -0.39 is 27.3 Å². The average Bonchev–Trinajstić information content (AvgIpc) is 2.65. The molecule has 0 fully saturated rings. The maximum Gasteiger partial charge on any atom is 0.274 e. The van der Waals surface area contributed by atoms with Crippen molar-refractivity contribution < 1.29 is 17.6 Å². The van der Waals surface area contributed by atoms with Gasteiger partial charge in [0.25, 0.3) is 5.91 Å². The molecule has 0 saturated carbocycles. The maximum atomic E-state index is 14.1. The van der Waals surface area contributed by atoms with E-state index in [1.165, 1.54) is 20.2 Å². The van der Waals surface area contributed by atoms with Gasteiger partial charge in [0.1, 0.15) is 11.5 Å². The molecule has 0 aliphatic carbocycles. The summed E-state index contributed by atoms with van der Waals surface area (Å²) in [6.07, 6.45) is 0. The first-order chi connectivity index (χ1) is 13.1. The van der Waals surface area contributed by atoms with E-state index in [2.05, 4.69) is 15.7 Å². The molecule has 0 aromatic heterocycles. The first-order valence-corrected chi connectivity index (χ1v) is 9.53. The van der Waals surface area contributed by atoms with Gasteiger partial charge in [-0.1, -0.05) is 11.6 Å². The maximum absolute atomic E-state index is 14.1. The molecule has 148 valence electrons. The minimum absolute atomic E-state index is 0.145. The number of benzene rings is 2. The van der Waals surface area contributed by atoms with Crippen LogP contribution in [-0.4, -0.2) is 38.4 Å². The van der Waals surface area contributed by atoms with Crippen molar-refractivity contribution in [1.29, 1.82) is 0 Å². The van der Waals surface area contributed by atoms with Crippen LogP contribution >= 0.6 is 0 Å². The molecule has 2 aromatic carbocycles. The third-order valence-corrected chi connectivity index (χ3v) is 5.74. The molecule has 28 heavy (non-hydrogen) atoms. The summed E-state index contributed by atoms with van der Waals surface area (Å²) < 4.78 is 39.4. The molecule has 0 heterocycles. The summed E-state index contributed by atoms with van der Waals surface area (Å²) in [6.45, 7) is 3.36. The van der Waals surface area contributed by atoms with Crippen LogP contribution in [0.15, 0.2) is 51.6 Å². The molecule has 0 aliphatic rings. The Kier molecular flexibility index (Phi) is 6.37. The fourth-order valence-corrected chi connectivity index (χ4v) is 3.25. The highest BCUT2D eigenvalue weighted by molar-refractivity contribution is 7.89. The van der Waals surface area contributed by atoms with Gasteiger partial charge in [-0.3, -0.25) is 4.79 Å². The summed E-state index contributed by atoms with van der Waals surface area (Å²) in [5.41, 5.74) is 3.40. The highest BCUT2D eigenvalue weighted by Gasteiger charge is 2.21. The van der Waals surface area contributed by atoms with E-state index in [4.69, 9.17) is 0 Å². The van der Waals surface area contributed by atoms with E-state index in [0.717, 1.165) is 28.1 Å². The third-order valence-electron chi connectivity index (χ3n) is 3.93. The molecule has 0 aliphatic heterocycles. The molecule has 1 amide bonds. The van der Waals surface area contributed by atoms with E-state index in [1.807, 2.05) is 6.92 Å². The van der Waals surface area contributed by atoms with Crippen LogP contribution in [0.1, 0.15) is 28.4 Å². The number of nitrogens with zero attached hydrogens (tertiary/aromatic N) is 3. The van der Waals surface area contributed by atoms with Gasteiger partial charge in [0.15, 0.2) is 0 Å². The molecule has 10 heteroatoms. The first kappa shape index (κ1) is 21.3. The lowest BCUT2D eigenvalue weighted by Gasteiger charge is -2.12. The lowest BCUT2D eigenvalue weighted by Crippen LogP contribution is -2.24. The van der Waals surface area contributed by atoms with Crippen LogP contribution in [0.5, 0.6) is 0 Å². The minimum atomic E-state index is -3.83. The predicted octanol–water partition coefficient (Wildman–Crippen LogP) is 2.94. The molecule has 0 bridgehead atoms.